The van der Waals surface area contributed by atoms with E-state index in [2.05, 4.69) is 35.3 Å². The lowest BCUT2D eigenvalue weighted by Gasteiger charge is -2.24. The third kappa shape index (κ3) is 5.62. The van der Waals surface area contributed by atoms with Crippen LogP contribution >= 0.6 is 0 Å². The Kier molecular flexibility index (Phi) is 6.83. The predicted molar refractivity (Wildman–Crippen MR) is 117 cm³/mol. The summed E-state index contributed by atoms with van der Waals surface area (Å²) in [6, 6.07) is 3.84. The maximum Gasteiger partial charge on any atom is 0.250 e. The summed E-state index contributed by atoms with van der Waals surface area (Å²) in [5, 5.41) is 4.32. The van der Waals surface area contributed by atoms with Crippen molar-refractivity contribution in [2.24, 2.45) is 5.10 Å². The molecule has 2 aliphatic rings. The highest BCUT2D eigenvalue weighted by Gasteiger charge is 2.19. The van der Waals surface area contributed by atoms with Crippen molar-refractivity contribution in [3.63, 3.8) is 0 Å². The Morgan fingerprint density at radius 2 is 1.38 bits per heavy atom. The number of hydrazone groups is 1. The maximum atomic E-state index is 4.86. The Hall–Kier alpha value is -2.77. The van der Waals surface area contributed by atoms with E-state index in [1.54, 1.807) is 18.6 Å². The molecule has 2 aromatic rings. The first-order valence-corrected chi connectivity index (χ1v) is 10.8. The van der Waals surface area contributed by atoms with Crippen LogP contribution in [0.3, 0.4) is 0 Å². The van der Waals surface area contributed by atoms with Crippen LogP contribution in [-0.2, 0) is 0 Å². The van der Waals surface area contributed by atoms with Gasteiger partial charge in [-0.2, -0.15) is 20.1 Å². The molecule has 4 heterocycles. The molecule has 0 aliphatic carbocycles. The van der Waals surface area contributed by atoms with Crippen LogP contribution < -0.4 is 15.2 Å². The standard InChI is InChI=1S/C21H30N8/c1-2-6-13-28(12-5-1)20-24-19(27-23-17-18-10-9-11-22-16-18)25-21(26-20)29-14-7-3-4-8-15-29/h9-11,16-17H,1-8,12-15H2,(H,24,25,26,27)/b23-17-. The molecule has 4 rings (SSSR count). The second-order valence-corrected chi connectivity index (χ2v) is 7.72. The molecule has 29 heavy (non-hydrogen) atoms. The lowest BCUT2D eigenvalue weighted by Crippen LogP contribution is -2.30. The molecule has 8 nitrogen and oxygen atoms in total. The van der Waals surface area contributed by atoms with Crippen LogP contribution in [0.1, 0.15) is 56.9 Å². The van der Waals surface area contributed by atoms with Gasteiger partial charge in [-0.15, -0.1) is 0 Å². The zero-order valence-electron chi connectivity index (χ0n) is 17.0. The van der Waals surface area contributed by atoms with Crippen molar-refractivity contribution in [1.29, 1.82) is 0 Å². The summed E-state index contributed by atoms with van der Waals surface area (Å²) >= 11 is 0. The van der Waals surface area contributed by atoms with E-state index in [0.29, 0.717) is 5.95 Å². The van der Waals surface area contributed by atoms with Crippen molar-refractivity contribution in [1.82, 2.24) is 19.9 Å². The van der Waals surface area contributed by atoms with Crippen molar-refractivity contribution in [3.05, 3.63) is 30.1 Å². The third-order valence-corrected chi connectivity index (χ3v) is 5.45. The molecule has 0 saturated carbocycles. The van der Waals surface area contributed by atoms with Gasteiger partial charge in [-0.3, -0.25) is 4.98 Å². The minimum atomic E-state index is 0.499. The van der Waals surface area contributed by atoms with E-state index in [9.17, 15) is 0 Å². The fourth-order valence-electron chi connectivity index (χ4n) is 3.84. The molecule has 1 N–H and O–H groups in total. The number of aromatic nitrogens is 4. The lowest BCUT2D eigenvalue weighted by atomic mass is 10.2. The fourth-order valence-corrected chi connectivity index (χ4v) is 3.84. The van der Waals surface area contributed by atoms with E-state index in [0.717, 1.165) is 43.6 Å². The number of pyridine rings is 1. The Morgan fingerprint density at radius 3 is 1.90 bits per heavy atom. The average molecular weight is 395 g/mol. The highest BCUT2D eigenvalue weighted by Crippen LogP contribution is 2.22. The summed E-state index contributed by atoms with van der Waals surface area (Å²) in [6.45, 7) is 4.01. The van der Waals surface area contributed by atoms with Gasteiger partial charge in [0.05, 0.1) is 6.21 Å². The molecule has 154 valence electrons. The highest BCUT2D eigenvalue weighted by atomic mass is 15.4. The normalized spacial score (nSPS) is 18.5. The number of rotatable bonds is 5. The van der Waals surface area contributed by atoms with Gasteiger partial charge in [-0.25, -0.2) is 5.43 Å². The molecule has 2 aromatic heterocycles. The minimum absolute atomic E-state index is 0.499. The van der Waals surface area contributed by atoms with Crippen LogP contribution in [-0.4, -0.2) is 52.3 Å². The van der Waals surface area contributed by atoms with Gasteiger partial charge in [-0.05, 0) is 31.7 Å². The number of anilines is 3. The first-order chi connectivity index (χ1) is 14.4. The van der Waals surface area contributed by atoms with Crippen LogP contribution in [0.25, 0.3) is 0 Å². The van der Waals surface area contributed by atoms with Crippen molar-refractivity contribution < 1.29 is 0 Å². The van der Waals surface area contributed by atoms with Gasteiger partial charge in [0.25, 0.3) is 0 Å². The van der Waals surface area contributed by atoms with Gasteiger partial charge in [0, 0.05) is 44.1 Å². The van der Waals surface area contributed by atoms with Crippen molar-refractivity contribution in [2.75, 3.05) is 41.4 Å². The molecule has 0 atom stereocenters. The monoisotopic (exact) mass is 394 g/mol. The molecular weight excluding hydrogens is 364 g/mol. The topological polar surface area (TPSA) is 82.4 Å². The van der Waals surface area contributed by atoms with Gasteiger partial charge >= 0.3 is 0 Å². The predicted octanol–water partition coefficient (Wildman–Crippen LogP) is 3.47. The van der Waals surface area contributed by atoms with E-state index < -0.39 is 0 Å². The molecule has 0 amide bonds. The molecule has 8 heteroatoms. The first-order valence-electron chi connectivity index (χ1n) is 10.8. The maximum absolute atomic E-state index is 4.86. The summed E-state index contributed by atoms with van der Waals surface area (Å²) in [5.41, 5.74) is 3.93. The molecule has 2 aliphatic heterocycles. The third-order valence-electron chi connectivity index (χ3n) is 5.45. The van der Waals surface area contributed by atoms with Crippen LogP contribution in [0.2, 0.25) is 0 Å². The van der Waals surface area contributed by atoms with Crippen LogP contribution in [0.5, 0.6) is 0 Å². The van der Waals surface area contributed by atoms with Crippen molar-refractivity contribution in [3.8, 4) is 0 Å². The van der Waals surface area contributed by atoms with Gasteiger partial charge in [0.1, 0.15) is 0 Å². The largest absolute Gasteiger partial charge is 0.341 e. The minimum Gasteiger partial charge on any atom is -0.341 e. The van der Waals surface area contributed by atoms with Gasteiger partial charge in [0.2, 0.25) is 17.8 Å². The molecule has 0 aromatic carbocycles. The van der Waals surface area contributed by atoms with Gasteiger partial charge in [0.15, 0.2) is 0 Å². The summed E-state index contributed by atoms with van der Waals surface area (Å²) in [4.78, 5) is 22.9. The zero-order valence-corrected chi connectivity index (χ0v) is 17.0. The second kappa shape index (κ2) is 10.1. The van der Waals surface area contributed by atoms with Crippen molar-refractivity contribution >= 4 is 24.1 Å². The molecule has 0 spiro atoms. The van der Waals surface area contributed by atoms with E-state index in [-0.39, 0.29) is 0 Å². The number of nitrogens with zero attached hydrogens (tertiary/aromatic N) is 7. The number of hydrogen-bond donors (Lipinski definition) is 1. The van der Waals surface area contributed by atoms with E-state index in [4.69, 9.17) is 4.98 Å². The zero-order chi connectivity index (χ0) is 19.7. The number of hydrogen-bond acceptors (Lipinski definition) is 8. The lowest BCUT2D eigenvalue weighted by molar-refractivity contribution is 0.726. The van der Waals surface area contributed by atoms with Crippen LogP contribution in [0, 0.1) is 0 Å². The summed E-state index contributed by atoms with van der Waals surface area (Å²) in [5.74, 6) is 2.03. The van der Waals surface area contributed by atoms with Gasteiger partial charge < -0.3 is 9.80 Å². The molecular formula is C21H30N8. The average Bonchev–Trinajstić information content (AvgIpc) is 3.20. The highest BCUT2D eigenvalue weighted by molar-refractivity contribution is 5.79. The molecule has 0 bridgehead atoms. The quantitative estimate of drug-likeness (QED) is 0.614. The molecule has 0 radical (unpaired) electrons. The number of nitrogens with one attached hydrogen (secondary N) is 1. The van der Waals surface area contributed by atoms with E-state index in [1.165, 1.54) is 51.4 Å². The van der Waals surface area contributed by atoms with Gasteiger partial charge in [-0.1, -0.05) is 31.7 Å². The smallest absolute Gasteiger partial charge is 0.250 e. The van der Waals surface area contributed by atoms with Crippen LogP contribution in [0.4, 0.5) is 17.8 Å². The summed E-state index contributed by atoms with van der Waals surface area (Å²) < 4.78 is 0. The Morgan fingerprint density at radius 1 is 0.793 bits per heavy atom. The Balaban J connectivity index is 1.57. The molecule has 2 fully saturated rings. The summed E-state index contributed by atoms with van der Waals surface area (Å²) in [6.07, 6.45) is 15.1. The summed E-state index contributed by atoms with van der Waals surface area (Å²) in [7, 11) is 0. The van der Waals surface area contributed by atoms with Crippen molar-refractivity contribution in [2.45, 2.75) is 51.4 Å². The molecule has 2 saturated heterocycles. The van der Waals surface area contributed by atoms with E-state index >= 15 is 0 Å². The van der Waals surface area contributed by atoms with Crippen LogP contribution in [0.15, 0.2) is 29.6 Å². The molecule has 0 unspecified atom stereocenters. The Labute approximate surface area is 172 Å². The Bertz CT molecular complexity index is 740. The van der Waals surface area contributed by atoms with E-state index in [1.807, 2.05) is 12.1 Å². The first kappa shape index (κ1) is 19.5. The second-order valence-electron chi connectivity index (χ2n) is 7.72. The fraction of sp³-hybridized carbons (Fsp3) is 0.571. The SMILES string of the molecule is C(=N/Nc1nc(N2CCCCCC2)nc(N2CCCCCC2)n1)/c1cccnc1.